The molecule has 2 rings (SSSR count). The van der Waals surface area contributed by atoms with Gasteiger partial charge in [-0.25, -0.2) is 4.39 Å². The third kappa shape index (κ3) is 2.30. The van der Waals surface area contributed by atoms with E-state index in [0.717, 1.165) is 5.82 Å². The number of rotatable bonds is 3. The van der Waals surface area contributed by atoms with Crippen LogP contribution in [-0.4, -0.2) is 14.8 Å². The second-order valence-electron chi connectivity index (χ2n) is 3.34. The van der Waals surface area contributed by atoms with Gasteiger partial charge in [-0.3, -0.25) is 0 Å². The van der Waals surface area contributed by atoms with Crippen LogP contribution in [0, 0.1) is 5.82 Å². The van der Waals surface area contributed by atoms with Crippen molar-refractivity contribution in [3.05, 3.63) is 41.2 Å². The van der Waals surface area contributed by atoms with Crippen LogP contribution in [-0.2, 0) is 13.6 Å². The van der Waals surface area contributed by atoms with Crippen molar-refractivity contribution >= 4 is 17.3 Å². The number of nitrogens with zero attached hydrogens (tertiary/aromatic N) is 3. The Balaban J connectivity index is 2.10. The lowest BCUT2D eigenvalue weighted by Crippen LogP contribution is -2.06. The van der Waals surface area contributed by atoms with Crippen molar-refractivity contribution in [2.24, 2.45) is 7.05 Å². The van der Waals surface area contributed by atoms with Crippen molar-refractivity contribution in [1.82, 2.24) is 14.8 Å². The Morgan fingerprint density at radius 1 is 1.50 bits per heavy atom. The van der Waals surface area contributed by atoms with Gasteiger partial charge in [-0.15, -0.1) is 10.2 Å². The lowest BCUT2D eigenvalue weighted by atomic mass is 10.3. The highest BCUT2D eigenvalue weighted by Gasteiger charge is 2.04. The highest BCUT2D eigenvalue weighted by Crippen LogP contribution is 2.22. The number of halogens is 2. The van der Waals surface area contributed by atoms with Gasteiger partial charge in [0.1, 0.15) is 12.1 Å². The zero-order valence-corrected chi connectivity index (χ0v) is 9.37. The Morgan fingerprint density at radius 3 is 3.00 bits per heavy atom. The minimum absolute atomic E-state index is 0.329. The van der Waals surface area contributed by atoms with E-state index in [4.69, 9.17) is 11.6 Å². The van der Waals surface area contributed by atoms with Crippen molar-refractivity contribution in [3.8, 4) is 0 Å². The molecule has 0 fully saturated rings. The van der Waals surface area contributed by atoms with Gasteiger partial charge in [0, 0.05) is 7.05 Å². The van der Waals surface area contributed by atoms with Crippen molar-refractivity contribution in [3.63, 3.8) is 0 Å². The molecule has 6 heteroatoms. The van der Waals surface area contributed by atoms with Crippen LogP contribution in [0.3, 0.4) is 0 Å². The van der Waals surface area contributed by atoms with Crippen LogP contribution >= 0.6 is 11.6 Å². The molecule has 0 saturated heterocycles. The van der Waals surface area contributed by atoms with Gasteiger partial charge in [0.2, 0.25) is 0 Å². The van der Waals surface area contributed by atoms with Gasteiger partial charge >= 0.3 is 0 Å². The quantitative estimate of drug-likeness (QED) is 0.895. The molecule has 84 valence electrons. The average molecular weight is 241 g/mol. The second-order valence-corrected chi connectivity index (χ2v) is 3.74. The fourth-order valence-electron chi connectivity index (χ4n) is 1.27. The molecular weight excluding hydrogens is 231 g/mol. The number of aryl methyl sites for hydroxylation is 1. The molecule has 0 unspecified atom stereocenters. The van der Waals surface area contributed by atoms with E-state index in [-0.39, 0.29) is 5.82 Å². The number of nitrogens with one attached hydrogen (secondary N) is 1. The van der Waals surface area contributed by atoms with Crippen LogP contribution in [0.5, 0.6) is 0 Å². The number of hydrogen-bond donors (Lipinski definition) is 1. The monoisotopic (exact) mass is 240 g/mol. The topological polar surface area (TPSA) is 42.7 Å². The molecule has 1 N–H and O–H groups in total. The van der Waals surface area contributed by atoms with Gasteiger partial charge in [0.25, 0.3) is 0 Å². The first-order valence-corrected chi connectivity index (χ1v) is 5.06. The molecule has 0 amide bonds. The molecule has 1 aromatic carbocycles. The molecule has 0 bridgehead atoms. The summed E-state index contributed by atoms with van der Waals surface area (Å²) < 4.78 is 14.7. The zero-order chi connectivity index (χ0) is 11.5. The highest BCUT2D eigenvalue weighted by atomic mass is 35.5. The van der Waals surface area contributed by atoms with Gasteiger partial charge < -0.3 is 9.88 Å². The number of anilines is 1. The smallest absolute Gasteiger partial charge is 0.151 e. The summed E-state index contributed by atoms with van der Waals surface area (Å²) in [6.07, 6.45) is 1.60. The van der Waals surface area contributed by atoms with Crippen LogP contribution in [0.15, 0.2) is 24.5 Å². The highest BCUT2D eigenvalue weighted by molar-refractivity contribution is 6.33. The third-order valence-corrected chi connectivity index (χ3v) is 2.50. The minimum Gasteiger partial charge on any atom is -0.376 e. The first kappa shape index (κ1) is 10.9. The molecule has 4 nitrogen and oxygen atoms in total. The van der Waals surface area contributed by atoms with E-state index >= 15 is 0 Å². The molecule has 1 heterocycles. The fraction of sp³-hybridized carbons (Fsp3) is 0.200. The maximum Gasteiger partial charge on any atom is 0.151 e. The SMILES string of the molecule is Cn1cnnc1CNc1cc(F)ccc1Cl. The summed E-state index contributed by atoms with van der Waals surface area (Å²) in [5.74, 6) is 0.421. The molecule has 2 aromatic rings. The van der Waals surface area contributed by atoms with Gasteiger partial charge in [0.15, 0.2) is 5.82 Å². The predicted molar refractivity (Wildman–Crippen MR) is 59.7 cm³/mol. The van der Waals surface area contributed by atoms with E-state index in [0.29, 0.717) is 17.3 Å². The predicted octanol–water partition coefficient (Wildman–Crippen LogP) is 2.22. The van der Waals surface area contributed by atoms with Gasteiger partial charge in [0.05, 0.1) is 17.3 Å². The molecule has 1 aromatic heterocycles. The molecule has 0 aliphatic heterocycles. The second kappa shape index (κ2) is 4.49. The minimum atomic E-state index is -0.329. The first-order valence-electron chi connectivity index (χ1n) is 4.68. The van der Waals surface area contributed by atoms with E-state index in [1.807, 2.05) is 7.05 Å². The van der Waals surface area contributed by atoms with Crippen molar-refractivity contribution in [2.45, 2.75) is 6.54 Å². The normalized spacial score (nSPS) is 10.4. The van der Waals surface area contributed by atoms with E-state index in [2.05, 4.69) is 15.5 Å². The van der Waals surface area contributed by atoms with Crippen LogP contribution in [0.25, 0.3) is 0 Å². The van der Waals surface area contributed by atoms with Crippen LogP contribution in [0.1, 0.15) is 5.82 Å². The van der Waals surface area contributed by atoms with Crippen LogP contribution in [0.2, 0.25) is 5.02 Å². The van der Waals surface area contributed by atoms with Crippen LogP contribution < -0.4 is 5.32 Å². The lowest BCUT2D eigenvalue weighted by molar-refractivity contribution is 0.628. The van der Waals surface area contributed by atoms with Crippen LogP contribution in [0.4, 0.5) is 10.1 Å². The van der Waals surface area contributed by atoms with E-state index in [1.54, 1.807) is 10.9 Å². The van der Waals surface area contributed by atoms with E-state index in [9.17, 15) is 4.39 Å². The van der Waals surface area contributed by atoms with Gasteiger partial charge in [-0.05, 0) is 18.2 Å². The van der Waals surface area contributed by atoms with Crippen molar-refractivity contribution < 1.29 is 4.39 Å². The molecule has 0 spiro atoms. The first-order chi connectivity index (χ1) is 7.66. The molecule has 0 aliphatic carbocycles. The Bertz CT molecular complexity index is 497. The average Bonchev–Trinajstić information content (AvgIpc) is 2.66. The zero-order valence-electron chi connectivity index (χ0n) is 8.61. The summed E-state index contributed by atoms with van der Waals surface area (Å²) in [4.78, 5) is 0. The summed E-state index contributed by atoms with van der Waals surface area (Å²) in [6, 6.07) is 4.17. The van der Waals surface area contributed by atoms with Gasteiger partial charge in [-0.1, -0.05) is 11.6 Å². The Labute approximate surface area is 97.1 Å². The molecule has 16 heavy (non-hydrogen) atoms. The molecule has 0 atom stereocenters. The van der Waals surface area contributed by atoms with Gasteiger partial charge in [-0.2, -0.15) is 0 Å². The Kier molecular flexibility index (Phi) is 3.05. The molecular formula is C10H10ClFN4. The van der Waals surface area contributed by atoms with E-state index in [1.165, 1.54) is 18.2 Å². The summed E-state index contributed by atoms with van der Waals surface area (Å²) in [6.45, 7) is 0.444. The Morgan fingerprint density at radius 2 is 2.31 bits per heavy atom. The summed E-state index contributed by atoms with van der Waals surface area (Å²) in [5.41, 5.74) is 0.546. The molecule has 0 radical (unpaired) electrons. The fourth-order valence-corrected chi connectivity index (χ4v) is 1.46. The standard InChI is InChI=1S/C10H10ClFN4/c1-16-6-14-15-10(16)5-13-9-4-7(12)2-3-8(9)11/h2-4,6,13H,5H2,1H3. The largest absolute Gasteiger partial charge is 0.376 e. The lowest BCUT2D eigenvalue weighted by Gasteiger charge is -2.07. The summed E-state index contributed by atoms with van der Waals surface area (Å²) >= 11 is 5.90. The van der Waals surface area contributed by atoms with Crippen molar-refractivity contribution in [2.75, 3.05) is 5.32 Å². The van der Waals surface area contributed by atoms with Crippen molar-refractivity contribution in [1.29, 1.82) is 0 Å². The third-order valence-electron chi connectivity index (χ3n) is 2.17. The number of aromatic nitrogens is 3. The van der Waals surface area contributed by atoms with E-state index < -0.39 is 0 Å². The maximum atomic E-state index is 13.0. The maximum absolute atomic E-state index is 13.0. The summed E-state index contributed by atoms with van der Waals surface area (Å²) in [7, 11) is 1.84. The Hall–Kier alpha value is -1.62. The number of hydrogen-bond acceptors (Lipinski definition) is 3. The molecule has 0 saturated carbocycles. The summed E-state index contributed by atoms with van der Waals surface area (Å²) in [5, 5.41) is 11.1. The number of benzene rings is 1. The molecule has 0 aliphatic rings.